The molecule has 0 bridgehead atoms. The number of thiophene rings is 1. The number of carbonyl (C=O) groups excluding carboxylic acids is 1. The highest BCUT2D eigenvalue weighted by Gasteiger charge is 2.41. The summed E-state index contributed by atoms with van der Waals surface area (Å²) in [6, 6.07) is 3.67. The summed E-state index contributed by atoms with van der Waals surface area (Å²) >= 11 is 8.62. The Bertz CT molecular complexity index is 697. The smallest absolute Gasteiger partial charge is 0.307 e. The fraction of sp³-hybridized carbons (Fsp3) is 0.308. The number of aliphatic carboxylic acids is 1. The van der Waals surface area contributed by atoms with Crippen LogP contribution in [0.2, 0.25) is 4.34 Å². The van der Waals surface area contributed by atoms with Crippen molar-refractivity contribution in [3.63, 3.8) is 0 Å². The topological polar surface area (TPSA) is 79.3 Å². The van der Waals surface area contributed by atoms with Gasteiger partial charge in [-0.25, -0.2) is 4.98 Å². The van der Waals surface area contributed by atoms with Gasteiger partial charge in [-0.1, -0.05) is 11.6 Å². The zero-order chi connectivity index (χ0) is 15.0. The van der Waals surface area contributed by atoms with Crippen molar-refractivity contribution in [1.29, 1.82) is 0 Å². The van der Waals surface area contributed by atoms with E-state index in [0.29, 0.717) is 22.3 Å². The number of rotatable bonds is 4. The second kappa shape index (κ2) is 5.75. The third-order valence-electron chi connectivity index (χ3n) is 3.49. The molecule has 5 nitrogen and oxygen atoms in total. The zero-order valence-electron chi connectivity index (χ0n) is 10.7. The van der Waals surface area contributed by atoms with E-state index in [9.17, 15) is 9.59 Å². The van der Waals surface area contributed by atoms with Crippen LogP contribution < -0.4 is 5.32 Å². The van der Waals surface area contributed by atoms with Gasteiger partial charge in [0.2, 0.25) is 5.91 Å². The lowest BCUT2D eigenvalue weighted by Crippen LogP contribution is -2.41. The maximum absolute atomic E-state index is 12.0. The van der Waals surface area contributed by atoms with Crippen LogP contribution in [-0.4, -0.2) is 22.0 Å². The largest absolute Gasteiger partial charge is 0.481 e. The Morgan fingerprint density at radius 1 is 1.33 bits per heavy atom. The molecule has 1 saturated carbocycles. The van der Waals surface area contributed by atoms with Gasteiger partial charge in [0, 0.05) is 5.38 Å². The minimum Gasteiger partial charge on any atom is -0.481 e. The molecule has 21 heavy (non-hydrogen) atoms. The van der Waals surface area contributed by atoms with E-state index < -0.39 is 17.8 Å². The molecule has 0 unspecified atom stereocenters. The van der Waals surface area contributed by atoms with Crippen molar-refractivity contribution in [3.8, 4) is 10.6 Å². The molecule has 0 radical (unpaired) electrons. The Kier molecular flexibility index (Phi) is 3.97. The Hall–Kier alpha value is -1.44. The molecular formula is C13H11ClN2O3S2. The van der Waals surface area contributed by atoms with Gasteiger partial charge in [-0.15, -0.1) is 22.7 Å². The van der Waals surface area contributed by atoms with Gasteiger partial charge in [0.1, 0.15) is 0 Å². The van der Waals surface area contributed by atoms with Gasteiger partial charge in [-0.2, -0.15) is 0 Å². The number of carboxylic acid groups (broad SMARTS) is 1. The Morgan fingerprint density at radius 2 is 2.10 bits per heavy atom. The van der Waals surface area contributed by atoms with Gasteiger partial charge in [0.15, 0.2) is 5.13 Å². The molecule has 2 aromatic heterocycles. The highest BCUT2D eigenvalue weighted by molar-refractivity contribution is 7.20. The normalized spacial score (nSPS) is 20.8. The van der Waals surface area contributed by atoms with Crippen LogP contribution in [0.4, 0.5) is 5.13 Å². The van der Waals surface area contributed by atoms with Crippen LogP contribution in [0.25, 0.3) is 10.6 Å². The van der Waals surface area contributed by atoms with E-state index >= 15 is 0 Å². The first-order valence-electron chi connectivity index (χ1n) is 6.29. The lowest BCUT2D eigenvalue weighted by molar-refractivity contribution is -0.151. The van der Waals surface area contributed by atoms with Crippen molar-refractivity contribution >= 4 is 51.3 Å². The number of carboxylic acids is 1. The van der Waals surface area contributed by atoms with Gasteiger partial charge >= 0.3 is 5.97 Å². The maximum Gasteiger partial charge on any atom is 0.307 e. The summed E-state index contributed by atoms with van der Waals surface area (Å²) in [6.45, 7) is 0. The van der Waals surface area contributed by atoms with Crippen molar-refractivity contribution < 1.29 is 14.7 Å². The highest BCUT2D eigenvalue weighted by Crippen LogP contribution is 2.36. The average molecular weight is 343 g/mol. The van der Waals surface area contributed by atoms with E-state index in [1.807, 2.05) is 11.4 Å². The second-order valence-corrected chi connectivity index (χ2v) is 7.33. The molecule has 1 aliphatic rings. The number of carbonyl (C=O) groups is 2. The Labute approximate surface area is 133 Å². The van der Waals surface area contributed by atoms with Gasteiger partial charge in [-0.05, 0) is 25.0 Å². The number of nitrogens with one attached hydrogen (secondary N) is 1. The minimum absolute atomic E-state index is 0.265. The predicted molar refractivity (Wildman–Crippen MR) is 82.9 cm³/mol. The summed E-state index contributed by atoms with van der Waals surface area (Å²) < 4.78 is 0.683. The van der Waals surface area contributed by atoms with E-state index in [1.54, 1.807) is 6.07 Å². The number of hydrogen-bond acceptors (Lipinski definition) is 5. The van der Waals surface area contributed by atoms with Gasteiger partial charge in [0.25, 0.3) is 0 Å². The number of amides is 1. The minimum atomic E-state index is -0.908. The lowest BCUT2D eigenvalue weighted by atomic mass is 9.73. The van der Waals surface area contributed by atoms with Crippen molar-refractivity contribution in [1.82, 2.24) is 4.98 Å². The number of thiazole rings is 1. The molecule has 1 aliphatic carbocycles. The van der Waals surface area contributed by atoms with Gasteiger partial charge in [-0.3, -0.25) is 9.59 Å². The molecule has 0 spiro atoms. The molecule has 0 aliphatic heterocycles. The third kappa shape index (κ3) is 2.95. The quantitative estimate of drug-likeness (QED) is 0.890. The van der Waals surface area contributed by atoms with Crippen LogP contribution in [0.1, 0.15) is 12.8 Å². The number of aromatic nitrogens is 1. The molecule has 0 saturated heterocycles. The molecule has 3 rings (SSSR count). The third-order valence-corrected chi connectivity index (χ3v) is 5.50. The van der Waals surface area contributed by atoms with Crippen molar-refractivity contribution in [3.05, 3.63) is 21.8 Å². The van der Waals surface area contributed by atoms with Crippen molar-refractivity contribution in [2.75, 3.05) is 5.32 Å². The summed E-state index contributed by atoms with van der Waals surface area (Å²) in [5.41, 5.74) is 0.760. The molecule has 2 N–H and O–H groups in total. The Morgan fingerprint density at radius 3 is 2.67 bits per heavy atom. The number of hydrogen-bond donors (Lipinski definition) is 2. The SMILES string of the molecule is O=C(O)[C@H]1CC[C@H]1C(=O)Nc1nc(-c2ccc(Cl)s2)cs1. The van der Waals surface area contributed by atoms with E-state index in [-0.39, 0.29) is 5.91 Å². The van der Waals surface area contributed by atoms with Crippen molar-refractivity contribution in [2.45, 2.75) is 12.8 Å². The summed E-state index contributed by atoms with van der Waals surface area (Å²) in [6.07, 6.45) is 1.17. The monoisotopic (exact) mass is 342 g/mol. The Balaban J connectivity index is 1.67. The highest BCUT2D eigenvalue weighted by atomic mass is 35.5. The summed E-state index contributed by atoms with van der Waals surface area (Å²) in [4.78, 5) is 28.2. The summed E-state index contributed by atoms with van der Waals surface area (Å²) in [7, 11) is 0. The predicted octanol–water partition coefficient (Wildman–Crippen LogP) is 3.57. The lowest BCUT2D eigenvalue weighted by Gasteiger charge is -2.31. The van der Waals surface area contributed by atoms with Crippen LogP contribution >= 0.6 is 34.3 Å². The van der Waals surface area contributed by atoms with E-state index in [0.717, 1.165) is 10.6 Å². The average Bonchev–Trinajstić information content (AvgIpc) is 2.95. The fourth-order valence-corrected chi connectivity index (χ4v) is 4.00. The van der Waals surface area contributed by atoms with Gasteiger partial charge < -0.3 is 10.4 Å². The van der Waals surface area contributed by atoms with Gasteiger partial charge in [0.05, 0.1) is 26.7 Å². The molecule has 2 atom stereocenters. The first-order valence-corrected chi connectivity index (χ1v) is 8.37. The maximum atomic E-state index is 12.0. The molecule has 110 valence electrons. The van der Waals surface area contributed by atoms with Crippen LogP contribution in [0.5, 0.6) is 0 Å². The van der Waals surface area contributed by atoms with Crippen LogP contribution in [-0.2, 0) is 9.59 Å². The summed E-state index contributed by atoms with van der Waals surface area (Å²) in [5, 5.41) is 14.0. The first kappa shape index (κ1) is 14.5. The first-order chi connectivity index (χ1) is 10.0. The summed E-state index contributed by atoms with van der Waals surface area (Å²) in [5.74, 6) is -2.19. The molecule has 1 fully saturated rings. The molecular weight excluding hydrogens is 332 g/mol. The molecule has 8 heteroatoms. The number of nitrogens with zero attached hydrogens (tertiary/aromatic N) is 1. The second-order valence-electron chi connectivity index (χ2n) is 4.76. The van der Waals surface area contributed by atoms with E-state index in [1.165, 1.54) is 22.7 Å². The number of halogens is 1. The van der Waals surface area contributed by atoms with Crippen molar-refractivity contribution in [2.24, 2.45) is 11.8 Å². The molecule has 0 aromatic carbocycles. The van der Waals surface area contributed by atoms with E-state index in [2.05, 4.69) is 10.3 Å². The molecule has 1 amide bonds. The van der Waals surface area contributed by atoms with Crippen LogP contribution in [0.15, 0.2) is 17.5 Å². The fourth-order valence-electron chi connectivity index (χ4n) is 2.20. The molecule has 2 heterocycles. The van der Waals surface area contributed by atoms with E-state index in [4.69, 9.17) is 16.7 Å². The van der Waals surface area contributed by atoms with Crippen LogP contribution in [0.3, 0.4) is 0 Å². The van der Waals surface area contributed by atoms with Crippen LogP contribution in [0, 0.1) is 11.8 Å². The zero-order valence-corrected chi connectivity index (χ0v) is 13.1. The standard InChI is InChI=1S/C13H11ClN2O3S2/c14-10-4-3-9(21-10)8-5-20-13(15-8)16-11(17)6-1-2-7(6)12(18)19/h3-7H,1-2H2,(H,18,19)(H,15,16,17)/t6-,7+/m1/s1. The number of anilines is 1. The molecule has 2 aromatic rings.